The maximum Gasteiger partial charge on any atom is 0.317 e. The molecule has 1 saturated heterocycles. The van der Waals surface area contributed by atoms with E-state index in [4.69, 9.17) is 4.52 Å². The molecule has 134 valence electrons. The third-order valence-corrected chi connectivity index (χ3v) is 5.22. The average molecular weight is 336 g/mol. The lowest BCUT2D eigenvalue weighted by Crippen LogP contribution is -2.56. The van der Waals surface area contributed by atoms with Crippen molar-refractivity contribution >= 4 is 6.03 Å². The molecule has 0 spiro atoms. The summed E-state index contributed by atoms with van der Waals surface area (Å²) in [6, 6.07) is -0.121. The van der Waals surface area contributed by atoms with Crippen molar-refractivity contribution in [3.63, 3.8) is 0 Å². The fourth-order valence-corrected chi connectivity index (χ4v) is 3.65. The molecule has 1 aromatic rings. The van der Waals surface area contributed by atoms with E-state index in [9.17, 15) is 9.90 Å². The molecule has 1 aromatic heterocycles. The second kappa shape index (κ2) is 6.35. The summed E-state index contributed by atoms with van der Waals surface area (Å²) >= 11 is 0. The second-order valence-corrected chi connectivity index (χ2v) is 8.17. The molecule has 1 saturated carbocycles. The number of likely N-dealkylation sites (tertiary alicyclic amines) is 1. The molecule has 7 heteroatoms. The van der Waals surface area contributed by atoms with Crippen molar-refractivity contribution in [2.75, 3.05) is 13.1 Å². The van der Waals surface area contributed by atoms with E-state index in [1.165, 1.54) is 0 Å². The Balaban J connectivity index is 1.53. The zero-order valence-corrected chi connectivity index (χ0v) is 14.8. The third kappa shape index (κ3) is 3.55. The summed E-state index contributed by atoms with van der Waals surface area (Å²) in [5.41, 5.74) is -0.766. The van der Waals surface area contributed by atoms with E-state index in [0.29, 0.717) is 31.2 Å². The van der Waals surface area contributed by atoms with Crippen LogP contribution in [0.2, 0.25) is 0 Å². The van der Waals surface area contributed by atoms with Crippen LogP contribution < -0.4 is 5.32 Å². The van der Waals surface area contributed by atoms with Crippen molar-refractivity contribution in [3.8, 4) is 0 Å². The minimum absolute atomic E-state index is 0.121. The molecule has 2 fully saturated rings. The van der Waals surface area contributed by atoms with Gasteiger partial charge in [0.25, 0.3) is 0 Å². The smallest absolute Gasteiger partial charge is 0.317 e. The number of rotatable bonds is 2. The Hall–Kier alpha value is -1.63. The molecule has 3 rings (SSSR count). The predicted octanol–water partition coefficient (Wildman–Crippen LogP) is 2.20. The molecule has 24 heavy (non-hydrogen) atoms. The Morgan fingerprint density at radius 3 is 2.92 bits per heavy atom. The molecule has 7 nitrogen and oxygen atoms in total. The van der Waals surface area contributed by atoms with Gasteiger partial charge in [0.05, 0.1) is 12.1 Å². The zero-order chi connectivity index (χ0) is 17.4. The number of carbonyl (C=O) groups is 1. The van der Waals surface area contributed by atoms with Crippen LogP contribution in [0.4, 0.5) is 4.79 Å². The fourth-order valence-electron chi connectivity index (χ4n) is 3.65. The number of hydrogen-bond acceptors (Lipinski definition) is 5. The Morgan fingerprint density at radius 2 is 2.21 bits per heavy atom. The van der Waals surface area contributed by atoms with Gasteiger partial charge in [-0.2, -0.15) is 4.98 Å². The van der Waals surface area contributed by atoms with Crippen LogP contribution in [-0.2, 0) is 12.0 Å². The summed E-state index contributed by atoms with van der Waals surface area (Å²) in [6.45, 7) is 7.48. The topological polar surface area (TPSA) is 91.5 Å². The standard InChI is InChI=1S/C17H28N4O3/c1-16(2,3)14-19-13(20-24-14)10-18-15(22)21-9-8-17(23)7-5-4-6-12(17)11-21/h12,23H,4-11H2,1-3H3,(H,18,22)/t12-,17-/m1/s1. The Bertz CT molecular complexity index is 595. The van der Waals surface area contributed by atoms with Crippen molar-refractivity contribution in [2.24, 2.45) is 5.92 Å². The molecule has 0 unspecified atom stereocenters. The molecule has 2 N–H and O–H groups in total. The summed E-state index contributed by atoms with van der Waals surface area (Å²) in [5.74, 6) is 1.25. The molecule has 0 radical (unpaired) electrons. The monoisotopic (exact) mass is 336 g/mol. The molecule has 2 aliphatic rings. The Kier molecular flexibility index (Phi) is 4.55. The average Bonchev–Trinajstić information content (AvgIpc) is 3.01. The number of fused-ring (bicyclic) bond motifs is 1. The number of hydrogen-bond donors (Lipinski definition) is 2. The number of nitrogens with zero attached hydrogens (tertiary/aromatic N) is 3. The highest BCUT2D eigenvalue weighted by molar-refractivity contribution is 5.74. The Morgan fingerprint density at radius 1 is 1.42 bits per heavy atom. The lowest BCUT2D eigenvalue weighted by atomic mass is 9.71. The zero-order valence-electron chi connectivity index (χ0n) is 14.8. The van der Waals surface area contributed by atoms with Crippen molar-refractivity contribution in [3.05, 3.63) is 11.7 Å². The van der Waals surface area contributed by atoms with E-state index in [0.717, 1.165) is 25.7 Å². The van der Waals surface area contributed by atoms with Gasteiger partial charge in [-0.3, -0.25) is 0 Å². The first-order valence-corrected chi connectivity index (χ1v) is 8.86. The van der Waals surface area contributed by atoms with Crippen LogP contribution in [0.5, 0.6) is 0 Å². The van der Waals surface area contributed by atoms with E-state index in [-0.39, 0.29) is 23.9 Å². The van der Waals surface area contributed by atoms with Gasteiger partial charge in [-0.1, -0.05) is 38.8 Å². The van der Waals surface area contributed by atoms with Gasteiger partial charge in [-0.25, -0.2) is 4.79 Å². The van der Waals surface area contributed by atoms with E-state index >= 15 is 0 Å². The molecular weight excluding hydrogens is 308 g/mol. The third-order valence-electron chi connectivity index (χ3n) is 5.22. The van der Waals surface area contributed by atoms with E-state index in [1.54, 1.807) is 4.90 Å². The highest BCUT2D eigenvalue weighted by atomic mass is 16.5. The Labute approximate surface area is 142 Å². The molecule has 2 atom stereocenters. The van der Waals surface area contributed by atoms with Crippen LogP contribution in [0.25, 0.3) is 0 Å². The lowest BCUT2D eigenvalue weighted by molar-refractivity contribution is -0.0870. The van der Waals surface area contributed by atoms with Gasteiger partial charge < -0.3 is 19.8 Å². The van der Waals surface area contributed by atoms with E-state index < -0.39 is 5.60 Å². The van der Waals surface area contributed by atoms with Gasteiger partial charge in [0.2, 0.25) is 5.89 Å². The largest absolute Gasteiger partial charge is 0.389 e. The number of amides is 2. The number of urea groups is 1. The summed E-state index contributed by atoms with van der Waals surface area (Å²) in [4.78, 5) is 18.5. The van der Waals surface area contributed by atoms with Gasteiger partial charge >= 0.3 is 6.03 Å². The SMILES string of the molecule is CC(C)(C)c1nc(CNC(=O)N2CC[C@]3(O)CCCC[C@@H]3C2)no1. The molecular formula is C17H28N4O3. The molecule has 2 heterocycles. The van der Waals surface area contributed by atoms with E-state index in [2.05, 4.69) is 15.5 Å². The highest BCUT2D eigenvalue weighted by Gasteiger charge is 2.43. The van der Waals surface area contributed by atoms with Crippen LogP contribution in [0.15, 0.2) is 4.52 Å². The summed E-state index contributed by atoms with van der Waals surface area (Å²) in [6.07, 6.45) is 4.76. The van der Waals surface area contributed by atoms with Crippen molar-refractivity contribution in [1.82, 2.24) is 20.4 Å². The van der Waals surface area contributed by atoms with Crippen LogP contribution in [0.1, 0.15) is 64.6 Å². The fraction of sp³-hybridized carbons (Fsp3) is 0.824. The molecule has 2 amide bonds. The van der Waals surface area contributed by atoms with Gasteiger partial charge in [0, 0.05) is 24.4 Å². The first-order chi connectivity index (χ1) is 11.3. The maximum absolute atomic E-state index is 12.4. The van der Waals surface area contributed by atoms with Crippen LogP contribution in [0.3, 0.4) is 0 Å². The molecule has 1 aliphatic carbocycles. The molecule has 0 bridgehead atoms. The number of nitrogens with one attached hydrogen (secondary N) is 1. The van der Waals surface area contributed by atoms with Crippen LogP contribution in [0, 0.1) is 5.92 Å². The minimum atomic E-state index is -0.565. The lowest BCUT2D eigenvalue weighted by Gasteiger charge is -2.47. The van der Waals surface area contributed by atoms with Gasteiger partial charge in [-0.15, -0.1) is 0 Å². The number of piperidine rings is 1. The molecule has 1 aliphatic heterocycles. The van der Waals surface area contributed by atoms with Gasteiger partial charge in [-0.05, 0) is 19.3 Å². The summed E-state index contributed by atoms with van der Waals surface area (Å²) in [7, 11) is 0. The van der Waals surface area contributed by atoms with Crippen molar-refractivity contribution < 1.29 is 14.4 Å². The second-order valence-electron chi connectivity index (χ2n) is 8.17. The predicted molar refractivity (Wildman–Crippen MR) is 88.3 cm³/mol. The first kappa shape index (κ1) is 17.2. The van der Waals surface area contributed by atoms with Crippen LogP contribution >= 0.6 is 0 Å². The van der Waals surface area contributed by atoms with Crippen molar-refractivity contribution in [2.45, 2.75) is 70.4 Å². The summed E-state index contributed by atoms with van der Waals surface area (Å²) < 4.78 is 5.23. The highest BCUT2D eigenvalue weighted by Crippen LogP contribution is 2.39. The molecule has 0 aromatic carbocycles. The van der Waals surface area contributed by atoms with Gasteiger partial charge in [0.1, 0.15) is 0 Å². The normalized spacial score (nSPS) is 27.7. The van der Waals surface area contributed by atoms with Crippen LogP contribution in [-0.4, -0.2) is 44.9 Å². The summed E-state index contributed by atoms with van der Waals surface area (Å²) in [5, 5.41) is 17.5. The van der Waals surface area contributed by atoms with Crippen molar-refractivity contribution in [1.29, 1.82) is 0 Å². The minimum Gasteiger partial charge on any atom is -0.389 e. The van der Waals surface area contributed by atoms with E-state index in [1.807, 2.05) is 20.8 Å². The number of aromatic nitrogens is 2. The first-order valence-electron chi connectivity index (χ1n) is 8.86. The van der Waals surface area contributed by atoms with Gasteiger partial charge in [0.15, 0.2) is 5.82 Å². The number of carbonyl (C=O) groups excluding carboxylic acids is 1. The maximum atomic E-state index is 12.4. The number of aliphatic hydroxyl groups is 1. The quantitative estimate of drug-likeness (QED) is 0.864.